The molecule has 0 radical (unpaired) electrons. The lowest BCUT2D eigenvalue weighted by Crippen LogP contribution is -2.16. The van der Waals surface area contributed by atoms with Gasteiger partial charge in [-0.1, -0.05) is 6.07 Å². The highest BCUT2D eigenvalue weighted by atomic mass is 32.1. The van der Waals surface area contributed by atoms with Gasteiger partial charge < -0.3 is 5.73 Å². The van der Waals surface area contributed by atoms with E-state index in [1.165, 1.54) is 35.9 Å². The van der Waals surface area contributed by atoms with Crippen LogP contribution in [0.3, 0.4) is 0 Å². The Balaban J connectivity index is 1.92. The van der Waals surface area contributed by atoms with Crippen molar-refractivity contribution in [3.05, 3.63) is 76.4 Å². The molecule has 0 saturated carbocycles. The van der Waals surface area contributed by atoms with Crippen LogP contribution in [-0.4, -0.2) is 25.5 Å². The van der Waals surface area contributed by atoms with Gasteiger partial charge in [0.1, 0.15) is 18.2 Å². The van der Waals surface area contributed by atoms with E-state index >= 15 is 0 Å². The van der Waals surface area contributed by atoms with Crippen LogP contribution < -0.4 is 5.73 Å². The normalized spacial score (nSPS) is 11.1. The summed E-state index contributed by atoms with van der Waals surface area (Å²) < 4.78 is 69.9. The van der Waals surface area contributed by atoms with Crippen molar-refractivity contribution in [2.75, 3.05) is 5.73 Å². The Bertz CT molecular complexity index is 1260. The molecule has 0 spiro atoms. The zero-order chi connectivity index (χ0) is 21.6. The van der Waals surface area contributed by atoms with Gasteiger partial charge in [-0.2, -0.15) is 5.10 Å². The lowest BCUT2D eigenvalue weighted by atomic mass is 9.98. The second kappa shape index (κ2) is 7.30. The van der Waals surface area contributed by atoms with Crippen molar-refractivity contribution in [2.45, 2.75) is 0 Å². The minimum Gasteiger partial charge on any atom is -0.375 e. The fourth-order valence-electron chi connectivity index (χ4n) is 2.76. The molecule has 2 aromatic heterocycles. The van der Waals surface area contributed by atoms with Crippen LogP contribution in [0.5, 0.6) is 0 Å². The number of rotatable bonds is 4. The smallest absolute Gasteiger partial charge is 0.201 e. The van der Waals surface area contributed by atoms with E-state index in [1.807, 2.05) is 0 Å². The number of benzene rings is 2. The van der Waals surface area contributed by atoms with Crippen LogP contribution in [0.15, 0.2) is 36.2 Å². The first-order chi connectivity index (χ1) is 14.3. The number of hydrogen-bond donors (Lipinski definition) is 1. The molecule has 0 aliphatic heterocycles. The van der Waals surface area contributed by atoms with Crippen molar-refractivity contribution in [1.82, 2.24) is 19.7 Å². The van der Waals surface area contributed by atoms with Gasteiger partial charge in [0, 0.05) is 16.5 Å². The molecule has 6 nitrogen and oxygen atoms in total. The van der Waals surface area contributed by atoms with Gasteiger partial charge in [-0.05, 0) is 12.1 Å². The van der Waals surface area contributed by atoms with Gasteiger partial charge in [0.15, 0.2) is 28.4 Å². The van der Waals surface area contributed by atoms with Crippen molar-refractivity contribution in [2.24, 2.45) is 0 Å². The summed E-state index contributed by atoms with van der Waals surface area (Å²) in [5.41, 5.74) is 4.60. The zero-order valence-corrected chi connectivity index (χ0v) is 15.4. The van der Waals surface area contributed by atoms with Crippen molar-refractivity contribution in [3.8, 4) is 16.9 Å². The van der Waals surface area contributed by atoms with Crippen molar-refractivity contribution in [3.63, 3.8) is 0 Å². The molecule has 0 amide bonds. The SMILES string of the molecule is Nc1nc(-c2ccc(C(=O)c3c(F)c(F)c(F)c(F)c3F)c(-n3cncn3)c2)cs1. The Labute approximate surface area is 168 Å². The summed E-state index contributed by atoms with van der Waals surface area (Å²) in [4.78, 5) is 20.7. The van der Waals surface area contributed by atoms with E-state index in [9.17, 15) is 26.7 Å². The molecule has 0 aliphatic carbocycles. The Morgan fingerprint density at radius 3 is 2.23 bits per heavy atom. The van der Waals surface area contributed by atoms with Gasteiger partial charge in [0.25, 0.3) is 0 Å². The average molecular weight is 437 g/mol. The number of aromatic nitrogens is 4. The average Bonchev–Trinajstić information content (AvgIpc) is 3.42. The largest absolute Gasteiger partial charge is 0.375 e. The third kappa shape index (κ3) is 3.10. The van der Waals surface area contributed by atoms with E-state index in [-0.39, 0.29) is 16.4 Å². The van der Waals surface area contributed by atoms with Gasteiger partial charge in [0.2, 0.25) is 11.6 Å². The molecule has 0 unspecified atom stereocenters. The van der Waals surface area contributed by atoms with Gasteiger partial charge in [-0.25, -0.2) is 36.6 Å². The summed E-state index contributed by atoms with van der Waals surface area (Å²) in [6, 6.07) is 3.97. The maximum atomic E-state index is 14.2. The van der Waals surface area contributed by atoms with Crippen LogP contribution in [0.1, 0.15) is 15.9 Å². The first-order valence-electron chi connectivity index (χ1n) is 8.06. The fraction of sp³-hybridized carbons (Fsp3) is 0. The molecule has 0 fully saturated rings. The number of nitrogen functional groups attached to an aromatic ring is 1. The van der Waals surface area contributed by atoms with E-state index in [0.29, 0.717) is 11.3 Å². The van der Waals surface area contributed by atoms with Gasteiger partial charge in [-0.15, -0.1) is 11.3 Å². The molecule has 30 heavy (non-hydrogen) atoms. The number of nitrogens with zero attached hydrogens (tertiary/aromatic N) is 4. The van der Waals surface area contributed by atoms with Crippen molar-refractivity contribution in [1.29, 1.82) is 0 Å². The third-order valence-corrected chi connectivity index (χ3v) is 4.84. The van der Waals surface area contributed by atoms with Gasteiger partial charge in [-0.3, -0.25) is 4.79 Å². The van der Waals surface area contributed by atoms with Crippen LogP contribution >= 0.6 is 11.3 Å². The molecule has 0 atom stereocenters. The molecule has 4 aromatic rings. The highest BCUT2D eigenvalue weighted by molar-refractivity contribution is 7.13. The van der Waals surface area contributed by atoms with Crippen LogP contribution in [0.25, 0.3) is 16.9 Å². The number of carbonyl (C=O) groups excluding carboxylic acids is 1. The van der Waals surface area contributed by atoms with E-state index < -0.39 is 40.4 Å². The minimum atomic E-state index is -2.35. The molecule has 0 bridgehead atoms. The molecule has 152 valence electrons. The molecule has 2 heterocycles. The maximum absolute atomic E-state index is 14.2. The van der Waals surface area contributed by atoms with Crippen LogP contribution in [0, 0.1) is 29.1 Å². The second-order valence-electron chi connectivity index (χ2n) is 5.92. The predicted molar refractivity (Wildman–Crippen MR) is 96.5 cm³/mol. The number of anilines is 1. The minimum absolute atomic E-state index is 0.00878. The van der Waals surface area contributed by atoms with E-state index in [1.54, 1.807) is 5.38 Å². The van der Waals surface area contributed by atoms with E-state index in [4.69, 9.17) is 5.73 Å². The van der Waals surface area contributed by atoms with E-state index in [2.05, 4.69) is 15.1 Å². The van der Waals surface area contributed by atoms with E-state index in [0.717, 1.165) is 11.0 Å². The standard InChI is InChI=1S/C18H8F5N5OS/c19-12-11(13(20)15(22)16(23)14(12)21)17(29)8-2-1-7(9-4-30-18(24)27-9)3-10(8)28-6-25-5-26-28/h1-6H,(H2,24,27). The molecular weight excluding hydrogens is 429 g/mol. The Morgan fingerprint density at radius 2 is 1.67 bits per heavy atom. The van der Waals surface area contributed by atoms with Crippen LogP contribution in [0.4, 0.5) is 27.1 Å². The molecule has 4 rings (SSSR count). The van der Waals surface area contributed by atoms with Gasteiger partial charge in [0.05, 0.1) is 11.4 Å². The van der Waals surface area contributed by atoms with Crippen molar-refractivity contribution >= 4 is 22.3 Å². The summed E-state index contributed by atoms with van der Waals surface area (Å²) in [7, 11) is 0. The summed E-state index contributed by atoms with van der Waals surface area (Å²) in [5, 5.41) is 5.80. The molecular formula is C18H8F5N5OS. The van der Waals surface area contributed by atoms with Crippen LogP contribution in [-0.2, 0) is 0 Å². The number of ketones is 1. The Hall–Kier alpha value is -3.67. The molecule has 0 saturated heterocycles. The highest BCUT2D eigenvalue weighted by Gasteiger charge is 2.31. The number of nitrogens with two attached hydrogens (primary N) is 1. The second-order valence-corrected chi connectivity index (χ2v) is 6.81. The fourth-order valence-corrected chi connectivity index (χ4v) is 3.34. The zero-order valence-electron chi connectivity index (χ0n) is 14.5. The topological polar surface area (TPSA) is 86.7 Å². The number of thiazole rings is 1. The third-order valence-electron chi connectivity index (χ3n) is 4.16. The quantitative estimate of drug-likeness (QED) is 0.227. The Morgan fingerprint density at radius 1 is 1.00 bits per heavy atom. The highest BCUT2D eigenvalue weighted by Crippen LogP contribution is 2.30. The summed E-state index contributed by atoms with van der Waals surface area (Å²) in [6.07, 6.45) is 2.34. The van der Waals surface area contributed by atoms with Crippen molar-refractivity contribution < 1.29 is 26.7 Å². The summed E-state index contributed by atoms with van der Waals surface area (Å²) in [5.74, 6) is -12.6. The summed E-state index contributed by atoms with van der Waals surface area (Å²) >= 11 is 1.17. The number of carbonyl (C=O) groups is 1. The molecule has 2 aromatic carbocycles. The summed E-state index contributed by atoms with van der Waals surface area (Å²) in [6.45, 7) is 0. The first-order valence-corrected chi connectivity index (χ1v) is 8.94. The van der Waals surface area contributed by atoms with Crippen LogP contribution in [0.2, 0.25) is 0 Å². The molecule has 0 aliphatic rings. The lowest BCUT2D eigenvalue weighted by molar-refractivity contribution is 0.102. The van der Waals surface area contributed by atoms with Gasteiger partial charge >= 0.3 is 0 Å². The molecule has 12 heteroatoms. The predicted octanol–water partition coefficient (Wildman–Crippen LogP) is 3.90. The lowest BCUT2D eigenvalue weighted by Gasteiger charge is -2.12. The number of hydrogen-bond acceptors (Lipinski definition) is 6. The number of halogens is 5. The monoisotopic (exact) mass is 437 g/mol. The Kier molecular flexibility index (Phi) is 4.78. The first kappa shape index (κ1) is 19.6. The molecule has 2 N–H and O–H groups in total. The maximum Gasteiger partial charge on any atom is 0.201 e.